The minimum atomic E-state index is -1.46. The second-order valence-corrected chi connectivity index (χ2v) is 3.92. The Morgan fingerprint density at radius 2 is 2.06 bits per heavy atom. The molecule has 1 aromatic rings. The van der Waals surface area contributed by atoms with Crippen molar-refractivity contribution in [1.29, 1.82) is 0 Å². The van der Waals surface area contributed by atoms with Crippen molar-refractivity contribution in [2.75, 3.05) is 0 Å². The fourth-order valence-corrected chi connectivity index (χ4v) is 2.34. The number of aliphatic hydroxyl groups is 1. The maximum atomic E-state index is 11.9. The van der Waals surface area contributed by atoms with Crippen LogP contribution in [-0.4, -0.2) is 15.9 Å². The number of carbonyl (C=O) groups excluding carboxylic acids is 1. The van der Waals surface area contributed by atoms with Gasteiger partial charge in [-0.05, 0) is 30.5 Å². The highest BCUT2D eigenvalue weighted by Crippen LogP contribution is 2.45. The lowest BCUT2D eigenvalue weighted by molar-refractivity contribution is -0.135. The highest BCUT2D eigenvalue weighted by atomic mass is 16.3. The van der Waals surface area contributed by atoms with Gasteiger partial charge in [-0.2, -0.15) is 0 Å². The fourth-order valence-electron chi connectivity index (χ4n) is 2.34. The van der Waals surface area contributed by atoms with Crippen LogP contribution in [0.3, 0.4) is 0 Å². The van der Waals surface area contributed by atoms with Gasteiger partial charge in [0.2, 0.25) is 5.78 Å². The quantitative estimate of drug-likeness (QED) is 0.842. The van der Waals surface area contributed by atoms with Crippen molar-refractivity contribution in [1.82, 2.24) is 4.98 Å². The average Bonchev–Trinajstić information content (AvgIpc) is 2.35. The van der Waals surface area contributed by atoms with E-state index in [-0.39, 0.29) is 5.78 Å². The first kappa shape index (κ1) is 11.0. The highest BCUT2D eigenvalue weighted by Gasteiger charge is 2.52. The molecule has 1 atom stereocenters. The molecule has 0 fully saturated rings. The third kappa shape index (κ3) is 1.25. The molecule has 2 rings (SSSR count). The minimum absolute atomic E-state index is 0.189. The monoisotopic (exact) mass is 217 g/mol. The van der Waals surface area contributed by atoms with Crippen LogP contribution in [-0.2, 0) is 10.4 Å². The minimum Gasteiger partial charge on any atom is -0.372 e. The molecule has 0 spiro atoms. The molecule has 0 aliphatic heterocycles. The lowest BCUT2D eigenvalue weighted by Gasteiger charge is -2.39. The summed E-state index contributed by atoms with van der Waals surface area (Å²) in [4.78, 5) is 16.0. The van der Waals surface area contributed by atoms with Crippen molar-refractivity contribution in [2.45, 2.75) is 32.3 Å². The molecule has 16 heavy (non-hydrogen) atoms. The van der Waals surface area contributed by atoms with Crippen LogP contribution < -0.4 is 0 Å². The van der Waals surface area contributed by atoms with Crippen molar-refractivity contribution in [2.24, 2.45) is 0 Å². The maximum absolute atomic E-state index is 11.9. The summed E-state index contributed by atoms with van der Waals surface area (Å²) in [6.45, 7) is 3.88. The summed E-state index contributed by atoms with van der Waals surface area (Å²) < 4.78 is 0. The Morgan fingerprint density at radius 1 is 1.31 bits per heavy atom. The number of Topliss-reactive ketones (excluding diaryl/α,β-unsaturated/α-hetero) is 1. The van der Waals surface area contributed by atoms with E-state index in [2.05, 4.69) is 4.98 Å². The van der Waals surface area contributed by atoms with Crippen LogP contribution in [0.2, 0.25) is 0 Å². The van der Waals surface area contributed by atoms with E-state index in [0.29, 0.717) is 18.5 Å². The molecular weight excluding hydrogens is 202 g/mol. The van der Waals surface area contributed by atoms with Crippen LogP contribution in [0.15, 0.2) is 35.5 Å². The molecule has 84 valence electrons. The van der Waals surface area contributed by atoms with Gasteiger partial charge in [-0.25, -0.2) is 0 Å². The highest BCUT2D eigenvalue weighted by molar-refractivity contribution is 6.12. The molecule has 1 N–H and O–H groups in total. The third-order valence-corrected chi connectivity index (χ3v) is 3.15. The Kier molecular flexibility index (Phi) is 2.64. The van der Waals surface area contributed by atoms with Crippen molar-refractivity contribution < 1.29 is 9.90 Å². The lowest BCUT2D eigenvalue weighted by atomic mass is 9.68. The van der Waals surface area contributed by atoms with Crippen LogP contribution in [0.25, 0.3) is 0 Å². The molecule has 0 bridgehead atoms. The molecule has 0 saturated carbocycles. The molecule has 0 radical (unpaired) electrons. The van der Waals surface area contributed by atoms with Gasteiger partial charge in [0.25, 0.3) is 0 Å². The predicted octanol–water partition coefficient (Wildman–Crippen LogP) is 1.97. The van der Waals surface area contributed by atoms with E-state index in [1.807, 2.05) is 13.8 Å². The largest absolute Gasteiger partial charge is 0.372 e. The van der Waals surface area contributed by atoms with Crippen LogP contribution in [0, 0.1) is 0 Å². The van der Waals surface area contributed by atoms with Crippen LogP contribution in [0.5, 0.6) is 0 Å². The zero-order valence-corrected chi connectivity index (χ0v) is 9.53. The normalized spacial score (nSPS) is 24.6. The smallest absolute Gasteiger partial charge is 0.200 e. The van der Waals surface area contributed by atoms with Crippen molar-refractivity contribution >= 4 is 5.78 Å². The van der Waals surface area contributed by atoms with Gasteiger partial charge in [0.15, 0.2) is 5.60 Å². The number of pyridine rings is 1. The second kappa shape index (κ2) is 3.83. The first-order valence-electron chi connectivity index (χ1n) is 5.57. The molecule has 3 heteroatoms. The number of aromatic nitrogens is 1. The van der Waals surface area contributed by atoms with Gasteiger partial charge in [0.05, 0.1) is 5.69 Å². The Hall–Kier alpha value is -1.48. The van der Waals surface area contributed by atoms with Crippen molar-refractivity contribution in [3.63, 3.8) is 0 Å². The molecule has 0 aromatic carbocycles. The summed E-state index contributed by atoms with van der Waals surface area (Å²) in [7, 11) is 0. The number of ketones is 1. The van der Waals surface area contributed by atoms with Crippen LogP contribution in [0.1, 0.15) is 32.4 Å². The number of hydrogen-bond donors (Lipinski definition) is 1. The molecule has 3 nitrogen and oxygen atoms in total. The third-order valence-electron chi connectivity index (χ3n) is 3.15. The molecule has 1 aromatic heterocycles. The first-order valence-corrected chi connectivity index (χ1v) is 5.57. The second-order valence-electron chi connectivity index (χ2n) is 3.92. The average molecular weight is 217 g/mol. The van der Waals surface area contributed by atoms with Gasteiger partial charge in [-0.15, -0.1) is 0 Å². The van der Waals surface area contributed by atoms with Crippen LogP contribution in [0.4, 0.5) is 0 Å². The summed E-state index contributed by atoms with van der Waals surface area (Å²) >= 11 is 0. The van der Waals surface area contributed by atoms with Gasteiger partial charge in [-0.3, -0.25) is 9.78 Å². The zero-order valence-electron chi connectivity index (χ0n) is 9.53. The summed E-state index contributed by atoms with van der Waals surface area (Å²) in [6.07, 6.45) is 2.96. The molecule has 1 unspecified atom stereocenters. The predicted molar refractivity (Wildman–Crippen MR) is 60.7 cm³/mol. The zero-order chi connectivity index (χ0) is 11.8. The van der Waals surface area contributed by atoms with Crippen LogP contribution >= 0.6 is 0 Å². The fraction of sp³-hybridized carbons (Fsp3) is 0.385. The Balaban J connectivity index is 2.50. The Morgan fingerprint density at radius 3 is 2.56 bits per heavy atom. The van der Waals surface area contributed by atoms with E-state index < -0.39 is 5.60 Å². The first-order chi connectivity index (χ1) is 7.66. The van der Waals surface area contributed by atoms with E-state index in [0.717, 1.165) is 11.1 Å². The standard InChI is InChI=1S/C13H15NO2/c1-3-9-10(4-2)13(16,12(9)15)11-7-5-6-8-14-11/h5-8,16H,3-4H2,1-2H3. The Bertz CT molecular complexity index is 450. The van der Waals surface area contributed by atoms with Gasteiger partial charge in [-0.1, -0.05) is 19.9 Å². The summed E-state index contributed by atoms with van der Waals surface area (Å²) in [5.74, 6) is -0.189. The van der Waals surface area contributed by atoms with Gasteiger partial charge in [0.1, 0.15) is 0 Å². The number of carbonyl (C=O) groups is 1. The summed E-state index contributed by atoms with van der Waals surface area (Å²) in [5.41, 5.74) is 0.560. The van der Waals surface area contributed by atoms with Crippen molar-refractivity contribution in [3.8, 4) is 0 Å². The van der Waals surface area contributed by atoms with E-state index in [1.54, 1.807) is 24.4 Å². The molecule has 0 amide bonds. The molecular formula is C13H15NO2. The van der Waals surface area contributed by atoms with Crippen molar-refractivity contribution in [3.05, 3.63) is 41.2 Å². The summed E-state index contributed by atoms with van der Waals surface area (Å²) in [6, 6.07) is 5.25. The molecule has 0 saturated heterocycles. The van der Waals surface area contributed by atoms with E-state index in [4.69, 9.17) is 0 Å². The van der Waals surface area contributed by atoms with Gasteiger partial charge >= 0.3 is 0 Å². The van der Waals surface area contributed by atoms with Gasteiger partial charge in [0, 0.05) is 11.8 Å². The number of nitrogens with zero attached hydrogens (tertiary/aromatic N) is 1. The van der Waals surface area contributed by atoms with E-state index in [9.17, 15) is 9.90 Å². The number of rotatable bonds is 3. The molecule has 1 aliphatic rings. The van der Waals surface area contributed by atoms with Gasteiger partial charge < -0.3 is 5.11 Å². The number of hydrogen-bond acceptors (Lipinski definition) is 3. The maximum Gasteiger partial charge on any atom is 0.200 e. The molecule has 1 aliphatic carbocycles. The SMILES string of the molecule is CCC1=C(CC)C(O)(c2ccccn2)C1=O. The summed E-state index contributed by atoms with van der Waals surface area (Å²) in [5, 5.41) is 10.4. The Labute approximate surface area is 94.8 Å². The van der Waals surface area contributed by atoms with E-state index >= 15 is 0 Å². The lowest BCUT2D eigenvalue weighted by Crippen LogP contribution is -2.48. The topological polar surface area (TPSA) is 50.2 Å². The molecule has 1 heterocycles. The van der Waals surface area contributed by atoms with E-state index in [1.165, 1.54) is 0 Å².